The van der Waals surface area contributed by atoms with E-state index < -0.39 is 5.82 Å². The Morgan fingerprint density at radius 3 is 2.55 bits per heavy atom. The number of nitrogens with one attached hydrogen (secondary N) is 1. The van der Waals surface area contributed by atoms with Gasteiger partial charge in [0.25, 0.3) is 0 Å². The van der Waals surface area contributed by atoms with Crippen molar-refractivity contribution in [1.82, 2.24) is 24.6 Å². The quantitative estimate of drug-likeness (QED) is 0.173. The van der Waals surface area contributed by atoms with Crippen LogP contribution in [0.15, 0.2) is 79.4 Å². The van der Waals surface area contributed by atoms with Crippen molar-refractivity contribution in [3.05, 3.63) is 96.3 Å². The van der Waals surface area contributed by atoms with Crippen molar-refractivity contribution in [1.29, 1.82) is 0 Å². The van der Waals surface area contributed by atoms with Crippen molar-refractivity contribution in [2.75, 3.05) is 23.3 Å². The van der Waals surface area contributed by atoms with Crippen LogP contribution < -0.4 is 10.2 Å². The zero-order valence-corrected chi connectivity index (χ0v) is 25.4. The number of pyridine rings is 2. The number of hydrogen-bond donors (Lipinski definition) is 1. The number of hydrogen-bond acceptors (Lipinski definition) is 6. The molecule has 5 aromatic rings. The van der Waals surface area contributed by atoms with Gasteiger partial charge in [-0.25, -0.2) is 13.9 Å². The molecule has 0 spiro atoms. The number of anilines is 3. The van der Waals surface area contributed by atoms with Crippen molar-refractivity contribution in [3.8, 4) is 11.5 Å². The third kappa shape index (κ3) is 7.90. The van der Waals surface area contributed by atoms with E-state index >= 15 is 0 Å². The monoisotopic (exact) mass is 567 g/mol. The van der Waals surface area contributed by atoms with Gasteiger partial charge in [-0.05, 0) is 79.6 Å². The smallest absolute Gasteiger partial charge is 0.200 e. The molecule has 0 aliphatic rings. The maximum Gasteiger partial charge on any atom is 0.200 e. The number of benzene rings is 1. The Kier molecular flexibility index (Phi) is 11.0. The lowest BCUT2D eigenvalue weighted by molar-refractivity contribution is 0.510. The molecule has 0 saturated carbocycles. The van der Waals surface area contributed by atoms with Gasteiger partial charge in [-0.1, -0.05) is 52.3 Å². The van der Waals surface area contributed by atoms with Gasteiger partial charge in [0.2, 0.25) is 5.82 Å². The predicted octanol–water partition coefficient (Wildman–Crippen LogP) is 8.28. The average Bonchev–Trinajstić information content (AvgIpc) is 3.44. The third-order valence-corrected chi connectivity index (χ3v) is 7.34. The van der Waals surface area contributed by atoms with Crippen LogP contribution in [-0.4, -0.2) is 37.7 Å². The van der Waals surface area contributed by atoms with Crippen LogP contribution in [0.5, 0.6) is 0 Å². The maximum atomic E-state index is 14.0. The Bertz CT molecular complexity index is 1550. The predicted molar refractivity (Wildman–Crippen MR) is 171 cm³/mol. The first kappa shape index (κ1) is 30.6. The molecule has 7 nitrogen and oxygen atoms in total. The molecule has 1 atom stereocenters. The summed E-state index contributed by atoms with van der Waals surface area (Å²) in [5.41, 5.74) is 5.59. The molecule has 0 bridgehead atoms. The molecule has 0 saturated heterocycles. The minimum absolute atomic E-state index is 0.311. The molecular weight excluding hydrogens is 525 g/mol. The number of rotatable bonds is 11. The third-order valence-electron chi connectivity index (χ3n) is 7.34. The second kappa shape index (κ2) is 15.1. The van der Waals surface area contributed by atoms with E-state index in [4.69, 9.17) is 0 Å². The first-order chi connectivity index (χ1) is 20.4. The van der Waals surface area contributed by atoms with Gasteiger partial charge < -0.3 is 10.2 Å². The zero-order valence-electron chi connectivity index (χ0n) is 25.4. The van der Waals surface area contributed by atoms with Crippen LogP contribution in [0.25, 0.3) is 17.0 Å². The molecule has 42 heavy (non-hydrogen) atoms. The Morgan fingerprint density at radius 2 is 1.86 bits per heavy atom. The summed E-state index contributed by atoms with van der Waals surface area (Å²) in [6, 6.07) is 18.0. The fraction of sp³-hybridized carbons (Fsp3) is 0.353. The Balaban J connectivity index is 0.000000209. The molecule has 5 rings (SSSR count). The molecule has 0 aliphatic heterocycles. The van der Waals surface area contributed by atoms with Crippen molar-refractivity contribution < 1.29 is 4.39 Å². The highest BCUT2D eigenvalue weighted by Crippen LogP contribution is 2.27. The molecule has 1 N–H and O–H groups in total. The lowest BCUT2D eigenvalue weighted by atomic mass is 10.0. The summed E-state index contributed by atoms with van der Waals surface area (Å²) < 4.78 is 15.8. The number of fused-ring (bicyclic) bond motifs is 1. The molecule has 4 aromatic heterocycles. The average molecular weight is 568 g/mol. The molecule has 1 aromatic carbocycles. The molecule has 0 radical (unpaired) electrons. The van der Waals surface area contributed by atoms with Crippen LogP contribution in [0.4, 0.5) is 21.6 Å². The van der Waals surface area contributed by atoms with E-state index in [1.807, 2.05) is 30.5 Å². The number of nitrogens with zero attached hydrogens (tertiary/aromatic N) is 6. The highest BCUT2D eigenvalue weighted by atomic mass is 19.1. The van der Waals surface area contributed by atoms with Gasteiger partial charge in [-0.15, -0.1) is 5.10 Å². The Hall–Kier alpha value is -4.33. The lowest BCUT2D eigenvalue weighted by Crippen LogP contribution is -2.26. The first-order valence-electron chi connectivity index (χ1n) is 14.9. The Morgan fingerprint density at radius 1 is 1.00 bits per heavy atom. The highest BCUT2D eigenvalue weighted by Gasteiger charge is 2.15. The molecule has 0 fully saturated rings. The van der Waals surface area contributed by atoms with Gasteiger partial charge in [0, 0.05) is 37.4 Å². The summed E-state index contributed by atoms with van der Waals surface area (Å²) in [7, 11) is 0. The topological polar surface area (TPSA) is 71.2 Å². The molecule has 220 valence electrons. The zero-order chi connectivity index (χ0) is 29.9. The van der Waals surface area contributed by atoms with E-state index in [2.05, 4.69) is 89.2 Å². The van der Waals surface area contributed by atoms with Crippen molar-refractivity contribution in [3.63, 3.8) is 0 Å². The summed E-state index contributed by atoms with van der Waals surface area (Å²) in [6.45, 7) is 13.5. The van der Waals surface area contributed by atoms with Gasteiger partial charge in [0.1, 0.15) is 11.2 Å². The lowest BCUT2D eigenvalue weighted by Gasteiger charge is -2.26. The van der Waals surface area contributed by atoms with Gasteiger partial charge in [-0.3, -0.25) is 9.97 Å². The van der Waals surface area contributed by atoms with Gasteiger partial charge in [0.05, 0.1) is 11.9 Å². The summed E-state index contributed by atoms with van der Waals surface area (Å²) >= 11 is 0. The Labute approximate surface area is 248 Å². The summed E-state index contributed by atoms with van der Waals surface area (Å²) in [6.07, 6.45) is 10.9. The summed E-state index contributed by atoms with van der Waals surface area (Å²) in [5.74, 6) is 1.38. The second-order valence-corrected chi connectivity index (χ2v) is 10.6. The highest BCUT2D eigenvalue weighted by molar-refractivity contribution is 5.78. The van der Waals surface area contributed by atoms with Crippen molar-refractivity contribution in [2.24, 2.45) is 5.92 Å². The second-order valence-electron chi connectivity index (χ2n) is 10.6. The van der Waals surface area contributed by atoms with Gasteiger partial charge >= 0.3 is 0 Å². The van der Waals surface area contributed by atoms with E-state index in [1.54, 1.807) is 16.8 Å². The maximum absolute atomic E-state index is 14.0. The van der Waals surface area contributed by atoms with Crippen LogP contribution in [0.1, 0.15) is 58.1 Å². The van der Waals surface area contributed by atoms with Crippen LogP contribution in [0.2, 0.25) is 0 Å². The van der Waals surface area contributed by atoms with E-state index in [0.29, 0.717) is 23.0 Å². The van der Waals surface area contributed by atoms with E-state index in [-0.39, 0.29) is 0 Å². The van der Waals surface area contributed by atoms with Crippen LogP contribution in [0, 0.1) is 18.7 Å². The van der Waals surface area contributed by atoms with Crippen LogP contribution in [0.3, 0.4) is 0 Å². The number of halogens is 1. The SMILES string of the molecule is CCCN(CCC(C)CC)c1cccc(C)c1.CCc1ccn2nc(-c3ccccn3)nc(Nc3ccncc3F)c12. The molecule has 8 heteroatoms. The fourth-order valence-electron chi connectivity index (χ4n) is 4.71. The van der Waals surface area contributed by atoms with Crippen LogP contribution >= 0.6 is 0 Å². The molecule has 0 aliphatic carbocycles. The van der Waals surface area contributed by atoms with Crippen molar-refractivity contribution in [2.45, 2.75) is 60.3 Å². The summed E-state index contributed by atoms with van der Waals surface area (Å²) in [4.78, 5) is 15.2. The van der Waals surface area contributed by atoms with E-state index in [9.17, 15) is 4.39 Å². The minimum atomic E-state index is -0.441. The largest absolute Gasteiger partial charge is 0.372 e. The molecule has 1 unspecified atom stereocenters. The number of aromatic nitrogens is 5. The van der Waals surface area contributed by atoms with E-state index in [1.165, 1.54) is 56.0 Å². The van der Waals surface area contributed by atoms with Gasteiger partial charge in [0.15, 0.2) is 11.6 Å². The van der Waals surface area contributed by atoms with Crippen LogP contribution in [-0.2, 0) is 6.42 Å². The summed E-state index contributed by atoms with van der Waals surface area (Å²) in [5, 5.41) is 7.61. The molecule has 0 amide bonds. The normalized spacial score (nSPS) is 11.6. The minimum Gasteiger partial charge on any atom is -0.372 e. The molecular formula is C34H42FN7. The standard InChI is InChI=1S/C18H15FN6.C16H27N/c1-2-12-7-10-25-16(12)18(22-14-6-9-20-11-13(14)19)23-17(24-25)15-5-3-4-8-21-15;1-5-11-17(12-10-14(3)6-2)16-9-7-8-15(4)13-16/h3-11H,2H2,1H3,(H,20,22,23,24);7-9,13-14H,5-6,10-12H2,1-4H3. The first-order valence-corrected chi connectivity index (χ1v) is 14.9. The molecule has 4 heterocycles. The van der Waals surface area contributed by atoms with E-state index in [0.717, 1.165) is 23.4 Å². The van der Waals surface area contributed by atoms with Crippen molar-refractivity contribution >= 4 is 22.7 Å². The fourth-order valence-corrected chi connectivity index (χ4v) is 4.71. The van der Waals surface area contributed by atoms with Gasteiger partial charge in [-0.2, -0.15) is 0 Å². The number of aryl methyl sites for hydroxylation is 2.